The number of carbonyl (C=O) groups is 2. The zero-order valence-corrected chi connectivity index (χ0v) is 15.5. The van der Waals surface area contributed by atoms with Gasteiger partial charge in [0.1, 0.15) is 5.78 Å². The van der Waals surface area contributed by atoms with E-state index in [9.17, 15) is 18.0 Å². The van der Waals surface area contributed by atoms with Crippen molar-refractivity contribution in [3.05, 3.63) is 0 Å². The van der Waals surface area contributed by atoms with E-state index < -0.39 is 15.4 Å². The van der Waals surface area contributed by atoms with Gasteiger partial charge in [0, 0.05) is 37.9 Å². The van der Waals surface area contributed by atoms with E-state index in [0.717, 1.165) is 19.4 Å². The number of carbonyl (C=O) groups excluding carboxylic acids is 2. The minimum Gasteiger partial charge on any atom is -0.343 e. The van der Waals surface area contributed by atoms with Crippen LogP contribution in [0.15, 0.2) is 0 Å². The molecule has 136 valence electrons. The van der Waals surface area contributed by atoms with Gasteiger partial charge in [0.2, 0.25) is 15.9 Å². The molecule has 0 aromatic heterocycles. The molecule has 2 bridgehead atoms. The largest absolute Gasteiger partial charge is 0.343 e. The van der Waals surface area contributed by atoms with Crippen LogP contribution in [0.5, 0.6) is 0 Å². The minimum atomic E-state index is -3.50. The van der Waals surface area contributed by atoms with Gasteiger partial charge in [0.25, 0.3) is 0 Å². The average molecular weight is 356 g/mol. The number of amides is 1. The normalized spacial score (nSPS) is 32.1. The number of hydrogen-bond acceptors (Lipinski definition) is 4. The molecule has 0 aromatic rings. The van der Waals surface area contributed by atoms with Crippen LogP contribution >= 0.6 is 0 Å². The molecule has 0 radical (unpaired) electrons. The zero-order valence-electron chi connectivity index (χ0n) is 14.6. The number of rotatable bonds is 7. The Labute approximate surface area is 144 Å². The first-order chi connectivity index (χ1) is 11.2. The predicted octanol–water partition coefficient (Wildman–Crippen LogP) is 1.31. The highest BCUT2D eigenvalue weighted by molar-refractivity contribution is 7.89. The lowest BCUT2D eigenvalue weighted by Gasteiger charge is -2.36. The first-order valence-electron chi connectivity index (χ1n) is 8.96. The monoisotopic (exact) mass is 356 g/mol. The van der Waals surface area contributed by atoms with E-state index in [-0.39, 0.29) is 22.9 Å². The molecule has 3 rings (SSSR count). The Morgan fingerprint density at radius 2 is 2.04 bits per heavy atom. The van der Waals surface area contributed by atoms with Gasteiger partial charge in [-0.25, -0.2) is 13.1 Å². The molecule has 1 amide bonds. The van der Waals surface area contributed by atoms with Crippen molar-refractivity contribution in [2.45, 2.75) is 52.4 Å². The summed E-state index contributed by atoms with van der Waals surface area (Å²) in [6, 6.07) is 0. The fourth-order valence-electron chi connectivity index (χ4n) is 4.92. The number of nitrogens with one attached hydrogen (secondary N) is 1. The minimum absolute atomic E-state index is 0.0923. The van der Waals surface area contributed by atoms with E-state index in [1.54, 1.807) is 4.90 Å². The lowest BCUT2D eigenvalue weighted by atomic mass is 9.70. The number of hydrogen-bond donors (Lipinski definition) is 1. The molecule has 2 saturated carbocycles. The molecule has 1 heterocycles. The van der Waals surface area contributed by atoms with Crippen molar-refractivity contribution >= 4 is 21.7 Å². The summed E-state index contributed by atoms with van der Waals surface area (Å²) in [5.74, 6) is 0.510. The maximum Gasteiger partial charge on any atom is 0.222 e. The van der Waals surface area contributed by atoms with Gasteiger partial charge in [-0.3, -0.25) is 9.59 Å². The molecule has 3 fully saturated rings. The van der Waals surface area contributed by atoms with Crippen molar-refractivity contribution in [3.63, 3.8) is 0 Å². The molecular formula is C17H28N2O4S. The Kier molecular flexibility index (Phi) is 4.53. The molecule has 3 aliphatic rings. The van der Waals surface area contributed by atoms with Crippen LogP contribution in [0, 0.1) is 16.7 Å². The fraction of sp³-hybridized carbons (Fsp3) is 0.882. The van der Waals surface area contributed by atoms with Gasteiger partial charge in [-0.2, -0.15) is 0 Å². The van der Waals surface area contributed by atoms with Crippen molar-refractivity contribution in [2.75, 3.05) is 25.4 Å². The van der Waals surface area contributed by atoms with Gasteiger partial charge >= 0.3 is 0 Å². The van der Waals surface area contributed by atoms with E-state index in [1.165, 1.54) is 0 Å². The molecular weight excluding hydrogens is 328 g/mol. The van der Waals surface area contributed by atoms with E-state index in [1.807, 2.05) is 13.8 Å². The summed E-state index contributed by atoms with van der Waals surface area (Å²) in [6.45, 7) is 5.78. The molecule has 7 heteroatoms. The maximum absolute atomic E-state index is 12.5. The highest BCUT2D eigenvalue weighted by Crippen LogP contribution is 2.64. The third-order valence-corrected chi connectivity index (χ3v) is 8.19. The number of sulfonamides is 1. The van der Waals surface area contributed by atoms with Crippen LogP contribution < -0.4 is 4.72 Å². The first kappa shape index (κ1) is 17.9. The smallest absolute Gasteiger partial charge is 0.222 e. The molecule has 2 atom stereocenters. The molecule has 2 aliphatic carbocycles. The van der Waals surface area contributed by atoms with Gasteiger partial charge in [-0.1, -0.05) is 13.8 Å². The quantitative estimate of drug-likeness (QED) is 0.697. The van der Waals surface area contributed by atoms with E-state index in [2.05, 4.69) is 4.72 Å². The molecule has 1 N–H and O–H groups in total. The molecule has 1 saturated heterocycles. The molecule has 24 heavy (non-hydrogen) atoms. The van der Waals surface area contributed by atoms with Gasteiger partial charge in [-0.05, 0) is 37.0 Å². The van der Waals surface area contributed by atoms with Crippen LogP contribution in [0.1, 0.15) is 52.4 Å². The standard InChI is InChI=1S/C17H28N2O4S/c1-16(2)13-6-7-17(16,14(20)11-13)12-24(22,23)18-8-4-10-19-9-3-5-15(19)21/h13,18H,3-12H2,1-2H3/t13-,17-/m1/s1. The Morgan fingerprint density at radius 1 is 1.29 bits per heavy atom. The van der Waals surface area contributed by atoms with Crippen LogP contribution in [0.2, 0.25) is 0 Å². The topological polar surface area (TPSA) is 83.6 Å². The van der Waals surface area contributed by atoms with Crippen LogP contribution in [-0.2, 0) is 19.6 Å². The van der Waals surface area contributed by atoms with Crippen LogP contribution in [0.3, 0.4) is 0 Å². The van der Waals surface area contributed by atoms with E-state index >= 15 is 0 Å². The third kappa shape index (κ3) is 2.90. The second-order valence-electron chi connectivity index (χ2n) is 8.16. The molecule has 0 unspecified atom stereocenters. The molecule has 6 nitrogen and oxygen atoms in total. The maximum atomic E-state index is 12.5. The third-order valence-electron chi connectivity index (χ3n) is 6.67. The highest BCUT2D eigenvalue weighted by Gasteiger charge is 2.65. The zero-order chi connectivity index (χ0) is 17.6. The second kappa shape index (κ2) is 6.09. The number of nitrogens with zero attached hydrogens (tertiary/aromatic N) is 1. The summed E-state index contributed by atoms with van der Waals surface area (Å²) in [6.07, 6.45) is 4.27. The summed E-state index contributed by atoms with van der Waals surface area (Å²) >= 11 is 0. The van der Waals surface area contributed by atoms with Crippen molar-refractivity contribution in [2.24, 2.45) is 16.7 Å². The number of fused-ring (bicyclic) bond motifs is 2. The first-order valence-corrected chi connectivity index (χ1v) is 10.6. The van der Waals surface area contributed by atoms with Gasteiger partial charge in [-0.15, -0.1) is 0 Å². The Bertz CT molecular complexity index is 643. The average Bonchev–Trinajstić information content (AvgIpc) is 3.05. The fourth-order valence-corrected chi connectivity index (χ4v) is 6.81. The molecule has 0 spiro atoms. The van der Waals surface area contributed by atoms with Crippen molar-refractivity contribution in [1.29, 1.82) is 0 Å². The van der Waals surface area contributed by atoms with Crippen LogP contribution in [0.4, 0.5) is 0 Å². The summed E-state index contributed by atoms with van der Waals surface area (Å²) in [5, 5.41) is 0. The molecule has 1 aliphatic heterocycles. The lowest BCUT2D eigenvalue weighted by Crippen LogP contribution is -2.45. The number of Topliss-reactive ketones (excluding diaryl/α,β-unsaturated/α-hetero) is 1. The SMILES string of the molecule is CC1(C)[C@@H]2CC[C@@]1(CS(=O)(=O)NCCCN1CCCC1=O)C(=O)C2. The Morgan fingerprint density at radius 3 is 2.58 bits per heavy atom. The molecule has 0 aromatic carbocycles. The number of likely N-dealkylation sites (tertiary alicyclic amines) is 1. The Balaban J connectivity index is 1.54. The summed E-state index contributed by atoms with van der Waals surface area (Å²) in [4.78, 5) is 25.8. The van der Waals surface area contributed by atoms with Gasteiger partial charge in [0.15, 0.2) is 0 Å². The predicted molar refractivity (Wildman–Crippen MR) is 90.8 cm³/mol. The summed E-state index contributed by atoms with van der Waals surface area (Å²) in [7, 11) is -3.50. The van der Waals surface area contributed by atoms with E-state index in [0.29, 0.717) is 44.7 Å². The second-order valence-corrected chi connectivity index (χ2v) is 9.96. The van der Waals surface area contributed by atoms with Crippen LogP contribution in [0.25, 0.3) is 0 Å². The lowest BCUT2D eigenvalue weighted by molar-refractivity contribution is -0.128. The van der Waals surface area contributed by atoms with E-state index in [4.69, 9.17) is 0 Å². The highest BCUT2D eigenvalue weighted by atomic mass is 32.2. The van der Waals surface area contributed by atoms with Gasteiger partial charge < -0.3 is 4.90 Å². The number of ketones is 1. The summed E-state index contributed by atoms with van der Waals surface area (Å²) < 4.78 is 27.7. The van der Waals surface area contributed by atoms with Crippen LogP contribution in [-0.4, -0.2) is 50.4 Å². The Hall–Kier alpha value is -0.950. The van der Waals surface area contributed by atoms with Crippen molar-refractivity contribution in [3.8, 4) is 0 Å². The summed E-state index contributed by atoms with van der Waals surface area (Å²) in [5.41, 5.74) is -0.949. The van der Waals surface area contributed by atoms with Crippen molar-refractivity contribution in [1.82, 2.24) is 9.62 Å². The van der Waals surface area contributed by atoms with Crippen molar-refractivity contribution < 1.29 is 18.0 Å². The van der Waals surface area contributed by atoms with Gasteiger partial charge in [0.05, 0.1) is 5.75 Å².